The summed E-state index contributed by atoms with van der Waals surface area (Å²) in [5.41, 5.74) is 1.03. The number of nitrogens with zero attached hydrogens (tertiary/aromatic N) is 3. The minimum absolute atomic E-state index is 0. The molecule has 0 radical (unpaired) electrons. The Morgan fingerprint density at radius 2 is 2.18 bits per heavy atom. The molecule has 0 bridgehead atoms. The molecule has 1 amide bonds. The van der Waals surface area contributed by atoms with E-state index in [1.165, 1.54) is 9.60 Å². The molecule has 2 aromatic rings. The van der Waals surface area contributed by atoms with Gasteiger partial charge >= 0.3 is 6.09 Å². The molecule has 0 spiro atoms. The van der Waals surface area contributed by atoms with E-state index in [1.807, 2.05) is 18.2 Å². The van der Waals surface area contributed by atoms with Crippen LogP contribution in [0.15, 0.2) is 24.3 Å². The topological polar surface area (TPSA) is 56.7 Å². The van der Waals surface area contributed by atoms with Gasteiger partial charge in [-0.15, -0.1) is 17.0 Å². The van der Waals surface area contributed by atoms with Crippen LogP contribution >= 0.6 is 28.3 Å². The van der Waals surface area contributed by atoms with Crippen molar-refractivity contribution in [2.45, 2.75) is 19.4 Å². The van der Waals surface area contributed by atoms with Gasteiger partial charge in [0.1, 0.15) is 0 Å². The monoisotopic (exact) mass is 385 g/mol. The molecule has 1 N–H and O–H groups in total. The van der Waals surface area contributed by atoms with Crippen molar-refractivity contribution in [2.24, 2.45) is 5.92 Å². The lowest BCUT2D eigenvalue weighted by Crippen LogP contribution is -2.50. The number of carbonyl (C=O) groups is 1. The first kappa shape index (κ1) is 17.0. The van der Waals surface area contributed by atoms with E-state index >= 15 is 0 Å². The zero-order valence-electron chi connectivity index (χ0n) is 12.6. The number of carboxylic acid groups (broad SMARTS) is 1. The predicted octanol–water partition coefficient (Wildman–Crippen LogP) is 3.70. The third-order valence-corrected chi connectivity index (χ3v) is 5.34. The molecule has 1 aliphatic heterocycles. The van der Waals surface area contributed by atoms with Gasteiger partial charge in [-0.3, -0.25) is 0 Å². The molecule has 2 atom stereocenters. The molecule has 1 aromatic heterocycles. The molecule has 2 heterocycles. The van der Waals surface area contributed by atoms with E-state index in [0.717, 1.165) is 17.1 Å². The highest BCUT2D eigenvalue weighted by Gasteiger charge is 2.32. The summed E-state index contributed by atoms with van der Waals surface area (Å²) in [5, 5.41) is 10.1. The maximum Gasteiger partial charge on any atom is 0.407 e. The molecule has 7 heteroatoms. The van der Waals surface area contributed by atoms with Crippen molar-refractivity contribution < 1.29 is 9.90 Å². The molecular weight excluding hydrogens is 366 g/mol. The van der Waals surface area contributed by atoms with Crippen LogP contribution < -0.4 is 4.90 Å². The number of benzene rings is 1. The number of amides is 1. The summed E-state index contributed by atoms with van der Waals surface area (Å²) >= 11 is 1.69. The zero-order chi connectivity index (χ0) is 15.0. The van der Waals surface area contributed by atoms with Crippen molar-refractivity contribution in [3.05, 3.63) is 24.3 Å². The molecule has 5 nitrogen and oxygen atoms in total. The van der Waals surface area contributed by atoms with Crippen LogP contribution in [-0.4, -0.2) is 47.3 Å². The van der Waals surface area contributed by atoms with Gasteiger partial charge < -0.3 is 14.9 Å². The number of aromatic nitrogens is 1. The van der Waals surface area contributed by atoms with Gasteiger partial charge in [0.15, 0.2) is 5.13 Å². The lowest BCUT2D eigenvalue weighted by molar-refractivity contribution is 0.116. The molecule has 1 aromatic carbocycles. The Balaban J connectivity index is 0.00000176. The van der Waals surface area contributed by atoms with Crippen molar-refractivity contribution >= 4 is 49.8 Å². The highest BCUT2D eigenvalue weighted by Crippen LogP contribution is 2.32. The van der Waals surface area contributed by atoms with Crippen LogP contribution in [0.1, 0.15) is 13.3 Å². The summed E-state index contributed by atoms with van der Waals surface area (Å²) in [4.78, 5) is 19.5. The number of halogens is 1. The average Bonchev–Trinajstić information content (AvgIpc) is 2.90. The summed E-state index contributed by atoms with van der Waals surface area (Å²) in [6.45, 7) is 3.30. The van der Waals surface area contributed by atoms with Gasteiger partial charge in [-0.05, 0) is 24.5 Å². The van der Waals surface area contributed by atoms with Crippen LogP contribution in [0.4, 0.5) is 9.93 Å². The van der Waals surface area contributed by atoms with Crippen LogP contribution in [0.5, 0.6) is 0 Å². The Labute approximate surface area is 144 Å². The molecule has 22 heavy (non-hydrogen) atoms. The summed E-state index contributed by atoms with van der Waals surface area (Å²) in [6, 6.07) is 8.47. The van der Waals surface area contributed by atoms with Crippen molar-refractivity contribution in [2.75, 3.05) is 25.0 Å². The van der Waals surface area contributed by atoms with Gasteiger partial charge in [0.05, 0.1) is 10.2 Å². The number of rotatable bonds is 2. The third kappa shape index (κ3) is 3.20. The van der Waals surface area contributed by atoms with E-state index in [9.17, 15) is 4.79 Å². The first-order chi connectivity index (χ1) is 10.1. The van der Waals surface area contributed by atoms with Crippen molar-refractivity contribution in [1.29, 1.82) is 0 Å². The van der Waals surface area contributed by atoms with Crippen molar-refractivity contribution in [3.63, 3.8) is 0 Å². The average molecular weight is 386 g/mol. The smallest absolute Gasteiger partial charge is 0.407 e. The van der Waals surface area contributed by atoms with E-state index in [4.69, 9.17) is 10.1 Å². The van der Waals surface area contributed by atoms with Gasteiger partial charge in [-0.2, -0.15) is 0 Å². The van der Waals surface area contributed by atoms with Crippen molar-refractivity contribution in [3.8, 4) is 0 Å². The first-order valence-corrected chi connectivity index (χ1v) is 7.94. The van der Waals surface area contributed by atoms with Gasteiger partial charge in [0.25, 0.3) is 0 Å². The number of piperidine rings is 1. The van der Waals surface area contributed by atoms with E-state index in [0.29, 0.717) is 25.0 Å². The van der Waals surface area contributed by atoms with E-state index in [1.54, 1.807) is 11.3 Å². The number of hydrogen-bond acceptors (Lipinski definition) is 4. The summed E-state index contributed by atoms with van der Waals surface area (Å²) < 4.78 is 1.19. The van der Waals surface area contributed by atoms with E-state index in [-0.39, 0.29) is 17.0 Å². The summed E-state index contributed by atoms with van der Waals surface area (Å²) in [6.07, 6.45) is 0.0304. The SMILES string of the molecule is Br.CC1CN(C(=O)O)CCC1N(C)c1nc2ccccc2s1. The van der Waals surface area contributed by atoms with Gasteiger partial charge in [0.2, 0.25) is 0 Å². The second kappa shape index (κ2) is 6.83. The Morgan fingerprint density at radius 3 is 2.82 bits per heavy atom. The number of para-hydroxylation sites is 1. The van der Waals surface area contributed by atoms with Crippen LogP contribution in [0.2, 0.25) is 0 Å². The Kier molecular flexibility index (Phi) is 5.28. The van der Waals surface area contributed by atoms with Crippen LogP contribution in [0.25, 0.3) is 10.2 Å². The highest BCUT2D eigenvalue weighted by atomic mass is 79.9. The fraction of sp³-hybridized carbons (Fsp3) is 0.467. The number of anilines is 1. The van der Waals surface area contributed by atoms with E-state index < -0.39 is 6.09 Å². The summed E-state index contributed by atoms with van der Waals surface area (Å²) in [7, 11) is 2.06. The highest BCUT2D eigenvalue weighted by molar-refractivity contribution is 8.93. The molecule has 2 unspecified atom stereocenters. The van der Waals surface area contributed by atoms with E-state index in [2.05, 4.69) is 24.9 Å². The van der Waals surface area contributed by atoms with Gasteiger partial charge in [0, 0.05) is 26.2 Å². The second-order valence-electron chi connectivity index (χ2n) is 5.64. The van der Waals surface area contributed by atoms with Crippen molar-refractivity contribution in [1.82, 2.24) is 9.88 Å². The molecule has 1 saturated heterocycles. The molecule has 1 aliphatic rings. The third-order valence-electron chi connectivity index (χ3n) is 4.21. The number of likely N-dealkylation sites (tertiary alicyclic amines) is 1. The minimum Gasteiger partial charge on any atom is -0.465 e. The molecule has 0 saturated carbocycles. The molecular formula is C15H20BrN3O2S. The maximum atomic E-state index is 11.1. The van der Waals surface area contributed by atoms with Crippen LogP contribution in [0.3, 0.4) is 0 Å². The molecule has 120 valence electrons. The lowest BCUT2D eigenvalue weighted by Gasteiger charge is -2.40. The molecule has 0 aliphatic carbocycles. The second-order valence-corrected chi connectivity index (χ2v) is 6.65. The van der Waals surface area contributed by atoms with Crippen LogP contribution in [0, 0.1) is 5.92 Å². The van der Waals surface area contributed by atoms with Gasteiger partial charge in [-0.25, -0.2) is 9.78 Å². The largest absolute Gasteiger partial charge is 0.465 e. The predicted molar refractivity (Wildman–Crippen MR) is 95.5 cm³/mol. The Morgan fingerprint density at radius 1 is 1.45 bits per heavy atom. The molecule has 1 fully saturated rings. The fourth-order valence-corrected chi connectivity index (χ4v) is 4.02. The maximum absolute atomic E-state index is 11.1. The Bertz CT molecular complexity index is 630. The summed E-state index contributed by atoms with van der Waals surface area (Å²) in [5.74, 6) is 0.298. The fourth-order valence-electron chi connectivity index (χ4n) is 3.04. The number of hydrogen-bond donors (Lipinski definition) is 1. The normalized spacial score (nSPS) is 21.5. The zero-order valence-corrected chi connectivity index (χ0v) is 15.1. The standard InChI is InChI=1S/C15H19N3O2S.BrH/c1-10-9-18(15(19)20)8-7-12(10)17(2)14-16-11-5-3-4-6-13(11)21-14;/h3-6,10,12H,7-9H2,1-2H3,(H,19,20);1H. The minimum atomic E-state index is -0.817. The first-order valence-electron chi connectivity index (χ1n) is 7.12. The quantitative estimate of drug-likeness (QED) is 0.855. The number of thiazole rings is 1. The van der Waals surface area contributed by atoms with Gasteiger partial charge in [-0.1, -0.05) is 30.4 Å². The lowest BCUT2D eigenvalue weighted by atomic mass is 9.93. The molecule has 3 rings (SSSR count). The van der Waals surface area contributed by atoms with Crippen LogP contribution in [-0.2, 0) is 0 Å². The Hall–Kier alpha value is -1.34. The number of fused-ring (bicyclic) bond motifs is 1.